The van der Waals surface area contributed by atoms with Crippen LogP contribution in [-0.2, 0) is 9.47 Å². The van der Waals surface area contributed by atoms with Gasteiger partial charge in [0.25, 0.3) is 0 Å². The zero-order chi connectivity index (χ0) is 12.2. The average Bonchev–Trinajstić information content (AvgIpc) is 2.12. The van der Waals surface area contributed by atoms with Gasteiger partial charge in [-0.1, -0.05) is 6.58 Å². The molecule has 16 heavy (non-hydrogen) atoms. The van der Waals surface area contributed by atoms with Crippen molar-refractivity contribution in [2.45, 2.75) is 39.2 Å². The van der Waals surface area contributed by atoms with E-state index in [0.717, 1.165) is 5.71 Å². The van der Waals surface area contributed by atoms with Crippen molar-refractivity contribution in [3.8, 4) is 0 Å². The molecule has 1 fully saturated rings. The SMILES string of the molecule is C=C1C/C(=N\NC(=O)OC(C)(C)C)CCO1. The van der Waals surface area contributed by atoms with Crippen LogP contribution < -0.4 is 5.43 Å². The van der Waals surface area contributed by atoms with E-state index in [1.54, 1.807) is 20.8 Å². The summed E-state index contributed by atoms with van der Waals surface area (Å²) >= 11 is 0. The highest BCUT2D eigenvalue weighted by molar-refractivity contribution is 5.87. The molecule has 0 saturated carbocycles. The first-order valence-electron chi connectivity index (χ1n) is 5.22. The van der Waals surface area contributed by atoms with Crippen molar-refractivity contribution in [2.75, 3.05) is 6.61 Å². The van der Waals surface area contributed by atoms with E-state index in [1.165, 1.54) is 0 Å². The van der Waals surface area contributed by atoms with Gasteiger partial charge in [-0.15, -0.1) is 0 Å². The minimum absolute atomic E-state index is 0.510. The Bertz CT molecular complexity index is 316. The van der Waals surface area contributed by atoms with Gasteiger partial charge in [-0.3, -0.25) is 0 Å². The number of hydrogen-bond donors (Lipinski definition) is 1. The lowest BCUT2D eigenvalue weighted by atomic mass is 10.1. The summed E-state index contributed by atoms with van der Waals surface area (Å²) in [5.74, 6) is 0.677. The van der Waals surface area contributed by atoms with Crippen LogP contribution >= 0.6 is 0 Å². The predicted molar refractivity (Wildman–Crippen MR) is 61.1 cm³/mol. The van der Waals surface area contributed by atoms with E-state index in [-0.39, 0.29) is 0 Å². The lowest BCUT2D eigenvalue weighted by Gasteiger charge is -2.20. The second kappa shape index (κ2) is 5.01. The summed E-state index contributed by atoms with van der Waals surface area (Å²) in [5, 5.41) is 3.97. The van der Waals surface area contributed by atoms with Crippen LogP contribution in [0.4, 0.5) is 4.79 Å². The first kappa shape index (κ1) is 12.5. The molecule has 0 bridgehead atoms. The number of carbonyl (C=O) groups is 1. The monoisotopic (exact) mass is 226 g/mol. The van der Waals surface area contributed by atoms with Gasteiger partial charge in [0.05, 0.1) is 12.4 Å². The van der Waals surface area contributed by atoms with Gasteiger partial charge in [-0.25, -0.2) is 10.2 Å². The molecule has 1 aliphatic rings. The molecule has 0 aliphatic carbocycles. The standard InChI is InChI=1S/C11H18N2O3/c1-8-7-9(5-6-15-8)12-13-10(14)16-11(2,3)4/h1,5-7H2,2-4H3,(H,13,14)/b12-9-. The molecule has 1 saturated heterocycles. The summed E-state index contributed by atoms with van der Waals surface area (Å²) in [5.41, 5.74) is 2.70. The van der Waals surface area contributed by atoms with Gasteiger partial charge in [0, 0.05) is 18.6 Å². The maximum absolute atomic E-state index is 11.3. The van der Waals surface area contributed by atoms with Gasteiger partial charge >= 0.3 is 6.09 Å². The number of rotatable bonds is 1. The van der Waals surface area contributed by atoms with Gasteiger partial charge in [-0.05, 0) is 20.8 Å². The summed E-state index contributed by atoms with van der Waals surface area (Å²) < 4.78 is 10.2. The van der Waals surface area contributed by atoms with Crippen LogP contribution in [0.5, 0.6) is 0 Å². The average molecular weight is 226 g/mol. The van der Waals surface area contributed by atoms with E-state index < -0.39 is 11.7 Å². The molecule has 90 valence electrons. The summed E-state index contributed by atoms with van der Waals surface area (Å²) in [6.45, 7) is 9.67. The summed E-state index contributed by atoms with van der Waals surface area (Å²) in [7, 11) is 0. The number of nitrogens with zero attached hydrogens (tertiary/aromatic N) is 1. The normalized spacial score (nSPS) is 19.2. The molecule has 5 heteroatoms. The molecule has 1 heterocycles. The Kier molecular flexibility index (Phi) is 3.93. The molecule has 0 aromatic rings. The van der Waals surface area contributed by atoms with E-state index in [0.29, 0.717) is 25.2 Å². The van der Waals surface area contributed by atoms with E-state index >= 15 is 0 Å². The van der Waals surface area contributed by atoms with Crippen LogP contribution in [-0.4, -0.2) is 24.0 Å². The summed E-state index contributed by atoms with van der Waals surface area (Å²) in [4.78, 5) is 11.3. The molecule has 1 N–H and O–H groups in total. The largest absolute Gasteiger partial charge is 0.498 e. The van der Waals surface area contributed by atoms with Crippen molar-refractivity contribution in [3.05, 3.63) is 12.3 Å². The molecule has 1 aliphatic heterocycles. The van der Waals surface area contributed by atoms with Crippen molar-refractivity contribution in [3.63, 3.8) is 0 Å². The Morgan fingerprint density at radius 2 is 2.25 bits per heavy atom. The predicted octanol–water partition coefficient (Wildman–Crippen LogP) is 2.19. The number of allylic oxidation sites excluding steroid dienone is 1. The first-order chi connectivity index (χ1) is 7.37. The van der Waals surface area contributed by atoms with Crippen LogP contribution in [0.3, 0.4) is 0 Å². The summed E-state index contributed by atoms with van der Waals surface area (Å²) in [6.07, 6.45) is 0.724. The Morgan fingerprint density at radius 3 is 2.81 bits per heavy atom. The second-order valence-electron chi connectivity index (χ2n) is 4.61. The molecule has 1 amide bonds. The van der Waals surface area contributed by atoms with Crippen molar-refractivity contribution in [2.24, 2.45) is 5.10 Å². The number of hydrogen-bond acceptors (Lipinski definition) is 4. The Labute approximate surface area is 95.5 Å². The fourth-order valence-electron chi connectivity index (χ4n) is 1.20. The Hall–Kier alpha value is -1.52. The number of ether oxygens (including phenoxy) is 2. The minimum Gasteiger partial charge on any atom is -0.498 e. The quantitative estimate of drug-likeness (QED) is 0.697. The van der Waals surface area contributed by atoms with E-state index in [4.69, 9.17) is 9.47 Å². The molecule has 0 atom stereocenters. The smallest absolute Gasteiger partial charge is 0.428 e. The Balaban J connectivity index is 2.40. The van der Waals surface area contributed by atoms with Gasteiger partial charge < -0.3 is 9.47 Å². The molecule has 0 aromatic heterocycles. The van der Waals surface area contributed by atoms with Gasteiger partial charge in [0.15, 0.2) is 0 Å². The lowest BCUT2D eigenvalue weighted by Crippen LogP contribution is -2.30. The third-order valence-corrected chi connectivity index (χ3v) is 1.80. The molecule has 0 aromatic carbocycles. The molecular weight excluding hydrogens is 208 g/mol. The molecular formula is C11H18N2O3. The first-order valence-corrected chi connectivity index (χ1v) is 5.22. The highest BCUT2D eigenvalue weighted by Gasteiger charge is 2.16. The fourth-order valence-corrected chi connectivity index (χ4v) is 1.20. The van der Waals surface area contributed by atoms with Gasteiger partial charge in [0.2, 0.25) is 0 Å². The van der Waals surface area contributed by atoms with Crippen molar-refractivity contribution >= 4 is 11.8 Å². The minimum atomic E-state index is -0.544. The molecule has 0 radical (unpaired) electrons. The molecule has 1 rings (SSSR count). The van der Waals surface area contributed by atoms with Crippen molar-refractivity contribution < 1.29 is 14.3 Å². The number of nitrogens with one attached hydrogen (secondary N) is 1. The number of carbonyl (C=O) groups excluding carboxylic acids is 1. The van der Waals surface area contributed by atoms with Gasteiger partial charge in [-0.2, -0.15) is 5.10 Å². The van der Waals surface area contributed by atoms with E-state index in [2.05, 4.69) is 17.1 Å². The molecule has 0 unspecified atom stereocenters. The maximum Gasteiger partial charge on any atom is 0.428 e. The van der Waals surface area contributed by atoms with Gasteiger partial charge in [0.1, 0.15) is 5.60 Å². The lowest BCUT2D eigenvalue weighted by molar-refractivity contribution is 0.0528. The van der Waals surface area contributed by atoms with Crippen LogP contribution in [0.15, 0.2) is 17.4 Å². The molecule has 5 nitrogen and oxygen atoms in total. The van der Waals surface area contributed by atoms with Crippen LogP contribution in [0.2, 0.25) is 0 Å². The van der Waals surface area contributed by atoms with Crippen molar-refractivity contribution in [1.29, 1.82) is 0 Å². The maximum atomic E-state index is 11.3. The number of amides is 1. The second-order valence-corrected chi connectivity index (χ2v) is 4.61. The van der Waals surface area contributed by atoms with Crippen LogP contribution in [0, 0.1) is 0 Å². The van der Waals surface area contributed by atoms with Crippen LogP contribution in [0.25, 0.3) is 0 Å². The third kappa shape index (κ3) is 4.82. The van der Waals surface area contributed by atoms with E-state index in [9.17, 15) is 4.79 Å². The van der Waals surface area contributed by atoms with Crippen LogP contribution in [0.1, 0.15) is 33.6 Å². The Morgan fingerprint density at radius 1 is 1.56 bits per heavy atom. The number of hydrazone groups is 1. The van der Waals surface area contributed by atoms with Crippen molar-refractivity contribution in [1.82, 2.24) is 5.43 Å². The molecule has 0 spiro atoms. The zero-order valence-electron chi connectivity index (χ0n) is 10.0. The highest BCUT2D eigenvalue weighted by Crippen LogP contribution is 2.12. The zero-order valence-corrected chi connectivity index (χ0v) is 10.0. The topological polar surface area (TPSA) is 59.9 Å². The fraction of sp³-hybridized carbons (Fsp3) is 0.636. The van der Waals surface area contributed by atoms with E-state index in [1.807, 2.05) is 0 Å². The highest BCUT2D eigenvalue weighted by atomic mass is 16.6. The summed E-state index contributed by atoms with van der Waals surface area (Å²) in [6, 6.07) is 0. The third-order valence-electron chi connectivity index (χ3n) is 1.80.